The van der Waals surface area contributed by atoms with Crippen LogP contribution in [-0.4, -0.2) is 31.4 Å². The smallest absolute Gasteiger partial charge is 0.223 e. The summed E-state index contributed by atoms with van der Waals surface area (Å²) < 4.78 is 5.32. The van der Waals surface area contributed by atoms with Crippen LogP contribution in [0.4, 0.5) is 0 Å². The molecule has 2 N–H and O–H groups in total. The van der Waals surface area contributed by atoms with Crippen LogP contribution < -0.4 is 10.6 Å². The Balaban J connectivity index is 1.30. The first-order chi connectivity index (χ1) is 13.3. The van der Waals surface area contributed by atoms with Gasteiger partial charge in [0.15, 0.2) is 0 Å². The molecule has 5 nitrogen and oxygen atoms in total. The van der Waals surface area contributed by atoms with Crippen LogP contribution in [0.15, 0.2) is 40.2 Å². The zero-order valence-electron chi connectivity index (χ0n) is 15.7. The molecule has 5 rings (SSSR count). The summed E-state index contributed by atoms with van der Waals surface area (Å²) in [4.78, 5) is 17.7. The molecule has 1 saturated carbocycles. The second-order valence-electron chi connectivity index (χ2n) is 8.76. The standard InChI is InChI=1S/C22H29N3O2/c26-22(25-10-14-5-6-14)18-4-2-1-3-17(18)16-9-19-20(15-7-8-27-13-15)12-24-21(19)23-11-16/h1,3,7-8,11,13-14,16-21,24H,2,4-6,9-10,12H2,(H,25,26). The lowest BCUT2D eigenvalue weighted by Gasteiger charge is -2.36. The molecule has 0 aromatic carbocycles. The molecule has 2 aliphatic carbocycles. The Morgan fingerprint density at radius 1 is 1.33 bits per heavy atom. The van der Waals surface area contributed by atoms with Crippen molar-refractivity contribution >= 4 is 12.1 Å². The quantitative estimate of drug-likeness (QED) is 0.786. The van der Waals surface area contributed by atoms with Crippen LogP contribution in [0, 0.1) is 29.6 Å². The topological polar surface area (TPSA) is 66.6 Å². The lowest BCUT2D eigenvalue weighted by Crippen LogP contribution is -2.42. The van der Waals surface area contributed by atoms with E-state index in [4.69, 9.17) is 9.41 Å². The third-order valence-electron chi connectivity index (χ3n) is 6.98. The fourth-order valence-electron chi connectivity index (χ4n) is 5.21. The van der Waals surface area contributed by atoms with E-state index in [0.717, 1.165) is 38.3 Å². The Hall–Kier alpha value is -1.88. The van der Waals surface area contributed by atoms with Gasteiger partial charge >= 0.3 is 0 Å². The fourth-order valence-corrected chi connectivity index (χ4v) is 5.21. The Labute approximate surface area is 160 Å². The van der Waals surface area contributed by atoms with Crippen LogP contribution in [0.25, 0.3) is 0 Å². The highest BCUT2D eigenvalue weighted by atomic mass is 16.3. The zero-order chi connectivity index (χ0) is 18.2. The number of nitrogens with one attached hydrogen (secondary N) is 2. The predicted octanol–water partition coefficient (Wildman–Crippen LogP) is 3.11. The van der Waals surface area contributed by atoms with Crippen molar-refractivity contribution < 1.29 is 9.21 Å². The van der Waals surface area contributed by atoms with Crippen molar-refractivity contribution in [3.05, 3.63) is 36.3 Å². The van der Waals surface area contributed by atoms with E-state index < -0.39 is 0 Å². The van der Waals surface area contributed by atoms with Crippen molar-refractivity contribution in [2.75, 3.05) is 13.1 Å². The van der Waals surface area contributed by atoms with E-state index in [9.17, 15) is 4.79 Å². The number of aliphatic imine (C=N–C) groups is 1. The first kappa shape index (κ1) is 17.2. The monoisotopic (exact) mass is 367 g/mol. The average molecular weight is 367 g/mol. The second-order valence-corrected chi connectivity index (χ2v) is 8.76. The number of hydrogen-bond donors (Lipinski definition) is 2. The fraction of sp³-hybridized carbons (Fsp3) is 0.636. The number of rotatable bonds is 5. The van der Waals surface area contributed by atoms with Crippen LogP contribution in [0.2, 0.25) is 0 Å². The van der Waals surface area contributed by atoms with Crippen molar-refractivity contribution in [3.8, 4) is 0 Å². The average Bonchev–Trinajstić information content (AvgIpc) is 3.20. The Morgan fingerprint density at radius 2 is 2.26 bits per heavy atom. The number of hydrogen-bond acceptors (Lipinski definition) is 4. The summed E-state index contributed by atoms with van der Waals surface area (Å²) in [5.74, 6) is 2.60. The number of carbonyl (C=O) groups is 1. The lowest BCUT2D eigenvalue weighted by molar-refractivity contribution is -0.127. The summed E-state index contributed by atoms with van der Waals surface area (Å²) >= 11 is 0. The number of amides is 1. The van der Waals surface area contributed by atoms with Gasteiger partial charge in [-0.15, -0.1) is 0 Å². The van der Waals surface area contributed by atoms with Gasteiger partial charge in [0.05, 0.1) is 12.5 Å². The van der Waals surface area contributed by atoms with E-state index in [2.05, 4.69) is 35.1 Å². The van der Waals surface area contributed by atoms with Gasteiger partial charge in [0.25, 0.3) is 0 Å². The third-order valence-corrected chi connectivity index (χ3v) is 6.98. The van der Waals surface area contributed by atoms with E-state index in [-0.39, 0.29) is 23.9 Å². The van der Waals surface area contributed by atoms with Gasteiger partial charge in [-0.05, 0) is 55.6 Å². The molecular formula is C22H29N3O2. The largest absolute Gasteiger partial charge is 0.472 e. The van der Waals surface area contributed by atoms with E-state index in [1.807, 2.05) is 6.26 Å². The molecule has 6 atom stereocenters. The molecule has 1 aromatic heterocycles. The molecule has 6 unspecified atom stereocenters. The number of nitrogens with zero attached hydrogens (tertiary/aromatic N) is 1. The van der Waals surface area contributed by atoms with Crippen molar-refractivity contribution in [2.45, 2.75) is 44.2 Å². The molecular weight excluding hydrogens is 338 g/mol. The minimum absolute atomic E-state index is 0.0866. The number of allylic oxidation sites excluding steroid dienone is 2. The maximum absolute atomic E-state index is 12.8. The highest BCUT2D eigenvalue weighted by molar-refractivity contribution is 5.80. The van der Waals surface area contributed by atoms with Gasteiger partial charge < -0.3 is 9.73 Å². The van der Waals surface area contributed by atoms with Crippen molar-refractivity contribution in [2.24, 2.45) is 34.6 Å². The normalized spacial score (nSPS) is 37.9. The van der Waals surface area contributed by atoms with Crippen LogP contribution in [-0.2, 0) is 4.79 Å². The molecule has 2 fully saturated rings. The highest BCUT2D eigenvalue weighted by Gasteiger charge is 2.43. The SMILES string of the molecule is O=C(NCC1CC1)C1CCC=CC1C1C=NC2NCC(c3ccoc3)C2C1. The van der Waals surface area contributed by atoms with Crippen LogP contribution in [0.5, 0.6) is 0 Å². The summed E-state index contributed by atoms with van der Waals surface area (Å²) in [6, 6.07) is 2.08. The van der Waals surface area contributed by atoms with Gasteiger partial charge in [0.2, 0.25) is 5.91 Å². The first-order valence-electron chi connectivity index (χ1n) is 10.5. The summed E-state index contributed by atoms with van der Waals surface area (Å²) in [6.45, 7) is 1.81. The van der Waals surface area contributed by atoms with Gasteiger partial charge in [-0.1, -0.05) is 12.2 Å². The summed E-state index contributed by atoms with van der Waals surface area (Å²) in [7, 11) is 0. The summed E-state index contributed by atoms with van der Waals surface area (Å²) in [6.07, 6.45) is 16.1. The minimum Gasteiger partial charge on any atom is -0.472 e. The minimum atomic E-state index is 0.0866. The molecule has 0 spiro atoms. The maximum Gasteiger partial charge on any atom is 0.223 e. The number of furan rings is 1. The van der Waals surface area contributed by atoms with Crippen molar-refractivity contribution in [1.29, 1.82) is 0 Å². The molecule has 0 bridgehead atoms. The van der Waals surface area contributed by atoms with Crippen molar-refractivity contribution in [3.63, 3.8) is 0 Å². The van der Waals surface area contributed by atoms with E-state index in [0.29, 0.717) is 17.8 Å². The van der Waals surface area contributed by atoms with Crippen LogP contribution in [0.3, 0.4) is 0 Å². The predicted molar refractivity (Wildman–Crippen MR) is 104 cm³/mol. The second kappa shape index (κ2) is 7.27. The number of carbonyl (C=O) groups excluding carboxylic acids is 1. The summed E-state index contributed by atoms with van der Waals surface area (Å²) in [5.41, 5.74) is 1.27. The van der Waals surface area contributed by atoms with E-state index >= 15 is 0 Å². The molecule has 1 amide bonds. The zero-order valence-corrected chi connectivity index (χ0v) is 15.7. The molecule has 2 aliphatic heterocycles. The lowest BCUT2D eigenvalue weighted by atomic mass is 9.70. The molecule has 144 valence electrons. The number of fused-ring (bicyclic) bond motifs is 1. The molecule has 1 saturated heterocycles. The summed E-state index contributed by atoms with van der Waals surface area (Å²) in [5, 5.41) is 6.78. The van der Waals surface area contributed by atoms with Gasteiger partial charge in [-0.3, -0.25) is 15.1 Å². The first-order valence-corrected chi connectivity index (χ1v) is 10.5. The van der Waals surface area contributed by atoms with E-state index in [1.165, 1.54) is 18.4 Å². The van der Waals surface area contributed by atoms with Gasteiger partial charge in [-0.25, -0.2) is 0 Å². The van der Waals surface area contributed by atoms with E-state index in [1.54, 1.807) is 6.26 Å². The molecule has 0 radical (unpaired) electrons. The molecule has 3 heterocycles. The Kier molecular flexibility index (Phi) is 4.64. The molecule has 4 aliphatic rings. The molecule has 1 aromatic rings. The van der Waals surface area contributed by atoms with Crippen LogP contribution in [0.1, 0.15) is 43.6 Å². The highest BCUT2D eigenvalue weighted by Crippen LogP contribution is 2.43. The molecule has 5 heteroatoms. The van der Waals surface area contributed by atoms with Gasteiger partial charge in [0.1, 0.15) is 6.17 Å². The third kappa shape index (κ3) is 3.49. The van der Waals surface area contributed by atoms with Gasteiger partial charge in [0, 0.05) is 43.0 Å². The van der Waals surface area contributed by atoms with Crippen molar-refractivity contribution in [1.82, 2.24) is 10.6 Å². The maximum atomic E-state index is 12.8. The Morgan fingerprint density at radius 3 is 3.07 bits per heavy atom. The molecule has 27 heavy (non-hydrogen) atoms. The van der Waals surface area contributed by atoms with Crippen LogP contribution >= 0.6 is 0 Å². The van der Waals surface area contributed by atoms with Gasteiger partial charge in [-0.2, -0.15) is 0 Å². The Bertz CT molecular complexity index is 722.